The van der Waals surface area contributed by atoms with Crippen LogP contribution in [0.15, 0.2) is 16.8 Å². The minimum absolute atomic E-state index is 0.0689. The largest absolute Gasteiger partial charge is 0.388 e. The molecule has 0 spiro atoms. The molecule has 0 radical (unpaired) electrons. The van der Waals surface area contributed by atoms with Gasteiger partial charge in [-0.2, -0.15) is 11.3 Å². The van der Waals surface area contributed by atoms with Gasteiger partial charge in [-0.05, 0) is 29.4 Å². The summed E-state index contributed by atoms with van der Waals surface area (Å²) in [5.74, 6) is 0.0689. The second-order valence-corrected chi connectivity index (χ2v) is 6.67. The van der Waals surface area contributed by atoms with Crippen LogP contribution >= 0.6 is 11.3 Å². The van der Waals surface area contributed by atoms with Gasteiger partial charge in [0.1, 0.15) is 0 Å². The molecule has 1 N–H and O–H groups in total. The van der Waals surface area contributed by atoms with Gasteiger partial charge in [-0.1, -0.05) is 0 Å². The lowest BCUT2D eigenvalue weighted by molar-refractivity contribution is -0.132. The van der Waals surface area contributed by atoms with Crippen LogP contribution in [0.4, 0.5) is 0 Å². The van der Waals surface area contributed by atoms with Gasteiger partial charge in [0.15, 0.2) is 0 Å². The fraction of sp³-hybridized carbons (Fsp3) is 0.667. The Morgan fingerprint density at radius 3 is 2.76 bits per heavy atom. The van der Waals surface area contributed by atoms with Crippen molar-refractivity contribution in [2.45, 2.75) is 25.0 Å². The van der Waals surface area contributed by atoms with Gasteiger partial charge >= 0.3 is 0 Å². The first-order valence-electron chi connectivity index (χ1n) is 7.22. The molecule has 0 aromatic carbocycles. The number of carbonyl (C=O) groups is 1. The van der Waals surface area contributed by atoms with Gasteiger partial charge in [0.25, 0.3) is 0 Å². The van der Waals surface area contributed by atoms with Gasteiger partial charge in [0.2, 0.25) is 5.91 Å². The zero-order chi connectivity index (χ0) is 15.3. The SMILES string of the molecule is CN(CC(=O)N(C)Cc1ccsc1)CC1(O)CCOCC1. The first kappa shape index (κ1) is 16.4. The molecular formula is C15H24N2O3S. The Hall–Kier alpha value is -0.950. The average Bonchev–Trinajstić information content (AvgIpc) is 2.91. The number of aliphatic hydroxyl groups is 1. The number of hydrogen-bond acceptors (Lipinski definition) is 5. The van der Waals surface area contributed by atoms with E-state index in [9.17, 15) is 9.90 Å². The smallest absolute Gasteiger partial charge is 0.236 e. The van der Waals surface area contributed by atoms with Crippen LogP contribution in [-0.2, 0) is 16.1 Å². The van der Waals surface area contributed by atoms with Crippen LogP contribution in [0.1, 0.15) is 18.4 Å². The fourth-order valence-corrected chi connectivity index (χ4v) is 3.22. The number of ether oxygens (including phenoxy) is 1. The van der Waals surface area contributed by atoms with Crippen LogP contribution in [0.3, 0.4) is 0 Å². The topological polar surface area (TPSA) is 53.0 Å². The van der Waals surface area contributed by atoms with Crippen molar-refractivity contribution in [2.24, 2.45) is 0 Å². The van der Waals surface area contributed by atoms with Crippen LogP contribution in [0.25, 0.3) is 0 Å². The van der Waals surface area contributed by atoms with Crippen molar-refractivity contribution in [1.82, 2.24) is 9.80 Å². The summed E-state index contributed by atoms with van der Waals surface area (Å²) in [5.41, 5.74) is 0.431. The molecule has 1 aromatic heterocycles. The second-order valence-electron chi connectivity index (χ2n) is 5.89. The number of rotatable bonds is 6. The summed E-state index contributed by atoms with van der Waals surface area (Å²) < 4.78 is 5.27. The first-order valence-corrected chi connectivity index (χ1v) is 8.16. The lowest BCUT2D eigenvalue weighted by Gasteiger charge is -2.35. The van der Waals surface area contributed by atoms with Crippen LogP contribution < -0.4 is 0 Å². The Morgan fingerprint density at radius 2 is 2.14 bits per heavy atom. The van der Waals surface area contributed by atoms with Crippen LogP contribution in [0.2, 0.25) is 0 Å². The molecule has 1 aromatic rings. The van der Waals surface area contributed by atoms with Crippen molar-refractivity contribution >= 4 is 17.2 Å². The Balaban J connectivity index is 1.78. The Kier molecular flexibility index (Phi) is 5.75. The van der Waals surface area contributed by atoms with Crippen LogP contribution in [0.5, 0.6) is 0 Å². The molecule has 0 unspecified atom stereocenters. The molecule has 0 atom stereocenters. The summed E-state index contributed by atoms with van der Waals surface area (Å²) in [5, 5.41) is 14.5. The van der Waals surface area contributed by atoms with E-state index in [2.05, 4.69) is 5.38 Å². The van der Waals surface area contributed by atoms with E-state index in [0.717, 1.165) is 5.56 Å². The third kappa shape index (κ3) is 5.07. The molecule has 0 saturated carbocycles. The number of thiophene rings is 1. The Bertz CT molecular complexity index is 444. The normalized spacial score (nSPS) is 17.9. The highest BCUT2D eigenvalue weighted by molar-refractivity contribution is 7.07. The predicted octanol–water partition coefficient (Wildman–Crippen LogP) is 1.18. The first-order chi connectivity index (χ1) is 9.98. The highest BCUT2D eigenvalue weighted by Gasteiger charge is 2.31. The van der Waals surface area contributed by atoms with E-state index >= 15 is 0 Å². The monoisotopic (exact) mass is 312 g/mol. The molecule has 1 saturated heterocycles. The number of hydrogen-bond donors (Lipinski definition) is 1. The lowest BCUT2D eigenvalue weighted by Crippen LogP contribution is -2.48. The van der Waals surface area contributed by atoms with Crippen LogP contribution in [-0.4, -0.2) is 66.8 Å². The van der Waals surface area contributed by atoms with Gasteiger partial charge in [-0.3, -0.25) is 9.69 Å². The van der Waals surface area contributed by atoms with E-state index in [1.807, 2.05) is 30.4 Å². The summed E-state index contributed by atoms with van der Waals surface area (Å²) in [4.78, 5) is 15.8. The quantitative estimate of drug-likeness (QED) is 0.857. The van der Waals surface area contributed by atoms with Crippen molar-refractivity contribution in [2.75, 3.05) is 40.4 Å². The molecular weight excluding hydrogens is 288 g/mol. The summed E-state index contributed by atoms with van der Waals surface area (Å²) in [6, 6.07) is 2.03. The summed E-state index contributed by atoms with van der Waals surface area (Å²) in [7, 11) is 3.70. The molecule has 0 aliphatic carbocycles. The van der Waals surface area contributed by atoms with Crippen molar-refractivity contribution in [3.05, 3.63) is 22.4 Å². The minimum Gasteiger partial charge on any atom is -0.388 e. The maximum atomic E-state index is 12.2. The number of nitrogens with zero attached hydrogens (tertiary/aromatic N) is 2. The third-order valence-corrected chi connectivity index (χ3v) is 4.55. The molecule has 1 aliphatic rings. The number of carbonyl (C=O) groups excluding carboxylic acids is 1. The summed E-state index contributed by atoms with van der Waals surface area (Å²) in [6.45, 7) is 2.65. The minimum atomic E-state index is -0.723. The van der Waals surface area contributed by atoms with Crippen molar-refractivity contribution in [3.63, 3.8) is 0 Å². The summed E-state index contributed by atoms with van der Waals surface area (Å²) in [6.07, 6.45) is 1.27. The molecule has 118 valence electrons. The van der Waals surface area contributed by atoms with Crippen molar-refractivity contribution in [3.8, 4) is 0 Å². The van der Waals surface area contributed by atoms with Crippen molar-refractivity contribution in [1.29, 1.82) is 0 Å². The maximum absolute atomic E-state index is 12.2. The molecule has 0 bridgehead atoms. The number of amides is 1. The molecule has 1 amide bonds. The lowest BCUT2D eigenvalue weighted by atomic mass is 9.94. The molecule has 1 fully saturated rings. The van der Waals surface area contributed by atoms with Gasteiger partial charge in [0, 0.05) is 46.2 Å². The summed E-state index contributed by atoms with van der Waals surface area (Å²) >= 11 is 1.64. The van der Waals surface area contributed by atoms with Gasteiger partial charge in [-0.15, -0.1) is 0 Å². The fourth-order valence-electron chi connectivity index (χ4n) is 2.56. The van der Waals surface area contributed by atoms with Gasteiger partial charge in [0.05, 0.1) is 12.1 Å². The maximum Gasteiger partial charge on any atom is 0.236 e. The standard InChI is InChI=1S/C15H24N2O3S/c1-16(12-15(19)4-6-20-7-5-15)10-14(18)17(2)9-13-3-8-21-11-13/h3,8,11,19H,4-7,9-10,12H2,1-2H3. The van der Waals surface area contributed by atoms with Gasteiger partial charge in [-0.25, -0.2) is 0 Å². The van der Waals surface area contributed by atoms with Gasteiger partial charge < -0.3 is 14.7 Å². The molecule has 5 nitrogen and oxygen atoms in total. The van der Waals surface area contributed by atoms with E-state index in [4.69, 9.17) is 4.74 Å². The van der Waals surface area contributed by atoms with E-state index in [-0.39, 0.29) is 5.91 Å². The highest BCUT2D eigenvalue weighted by atomic mass is 32.1. The molecule has 6 heteroatoms. The zero-order valence-corrected chi connectivity index (χ0v) is 13.6. The average molecular weight is 312 g/mol. The molecule has 2 heterocycles. The zero-order valence-electron chi connectivity index (χ0n) is 12.7. The molecule has 1 aliphatic heterocycles. The molecule has 21 heavy (non-hydrogen) atoms. The predicted molar refractivity (Wildman–Crippen MR) is 83.3 cm³/mol. The number of likely N-dealkylation sites (N-methyl/N-ethyl adjacent to an activating group) is 2. The van der Waals surface area contributed by atoms with E-state index in [1.165, 1.54) is 0 Å². The highest BCUT2D eigenvalue weighted by Crippen LogP contribution is 2.21. The van der Waals surface area contributed by atoms with E-state index < -0.39 is 5.60 Å². The van der Waals surface area contributed by atoms with E-state index in [1.54, 1.807) is 16.2 Å². The Labute approximate surface area is 130 Å². The van der Waals surface area contributed by atoms with Crippen LogP contribution in [0, 0.1) is 0 Å². The third-order valence-electron chi connectivity index (χ3n) is 3.82. The molecule has 2 rings (SSSR count). The van der Waals surface area contributed by atoms with Crippen molar-refractivity contribution < 1.29 is 14.6 Å². The van der Waals surface area contributed by atoms with E-state index in [0.29, 0.717) is 45.7 Å². The second kappa shape index (κ2) is 7.35. The Morgan fingerprint density at radius 1 is 1.43 bits per heavy atom.